The summed E-state index contributed by atoms with van der Waals surface area (Å²) >= 11 is 0. The van der Waals surface area contributed by atoms with E-state index in [9.17, 15) is 0 Å². The number of hydrogen-bond donors (Lipinski definition) is 0. The van der Waals surface area contributed by atoms with E-state index in [-0.39, 0.29) is 12.2 Å². The molecule has 170 valence electrons. The summed E-state index contributed by atoms with van der Waals surface area (Å²) in [6.07, 6.45) is 17.3. The van der Waals surface area contributed by atoms with Crippen LogP contribution in [0.2, 0.25) is 0 Å². The van der Waals surface area contributed by atoms with E-state index in [1.54, 1.807) is 7.11 Å². The minimum absolute atomic E-state index is 0.179. The number of ether oxygens (including phenoxy) is 2. The Labute approximate surface area is 186 Å². The molecule has 1 aromatic carbocycles. The van der Waals surface area contributed by atoms with E-state index in [0.717, 1.165) is 35.8 Å². The molecule has 0 aliphatic heterocycles. The fourth-order valence-electron chi connectivity index (χ4n) is 6.03. The van der Waals surface area contributed by atoms with Crippen molar-refractivity contribution in [3.8, 4) is 5.75 Å². The number of unbranched alkanes of at least 4 members (excludes halogenated alkanes) is 1. The lowest BCUT2D eigenvalue weighted by molar-refractivity contribution is 0.0719. The molecule has 2 nitrogen and oxygen atoms in total. The highest BCUT2D eigenvalue weighted by Gasteiger charge is 2.31. The van der Waals surface area contributed by atoms with Crippen molar-refractivity contribution in [2.75, 3.05) is 7.11 Å². The van der Waals surface area contributed by atoms with Crippen LogP contribution >= 0.6 is 0 Å². The zero-order valence-electron chi connectivity index (χ0n) is 20.1. The molecule has 0 N–H and O–H groups in total. The Hall–Kier alpha value is -1.02. The van der Waals surface area contributed by atoms with Crippen LogP contribution in [0.15, 0.2) is 24.3 Å². The molecule has 2 aliphatic rings. The van der Waals surface area contributed by atoms with Gasteiger partial charge in [-0.3, -0.25) is 0 Å². The second-order valence-electron chi connectivity index (χ2n) is 10.3. The third-order valence-electron chi connectivity index (χ3n) is 8.05. The molecule has 0 saturated heterocycles. The second-order valence-corrected chi connectivity index (χ2v) is 10.3. The summed E-state index contributed by atoms with van der Waals surface area (Å²) in [6, 6.07) is 8.97. The first-order valence-corrected chi connectivity index (χ1v) is 12.9. The van der Waals surface area contributed by atoms with Gasteiger partial charge >= 0.3 is 0 Å². The van der Waals surface area contributed by atoms with E-state index in [4.69, 9.17) is 9.47 Å². The first-order chi connectivity index (χ1) is 14.6. The maximum absolute atomic E-state index is 6.08. The Morgan fingerprint density at radius 2 is 1.43 bits per heavy atom. The average Bonchev–Trinajstić information content (AvgIpc) is 2.78. The smallest absolute Gasteiger partial charge is 0.119 e. The van der Waals surface area contributed by atoms with E-state index < -0.39 is 0 Å². The fourth-order valence-corrected chi connectivity index (χ4v) is 6.03. The van der Waals surface area contributed by atoms with Gasteiger partial charge in [-0.05, 0) is 93.7 Å². The molecule has 2 saturated carbocycles. The molecule has 0 aromatic heterocycles. The SMILES string of the molecule is CCCCC1CCC(C2CCC(c3ccc(OC(C)CC(C)OC)cc3)CC2)CC1. The van der Waals surface area contributed by atoms with Crippen molar-refractivity contribution in [3.05, 3.63) is 29.8 Å². The van der Waals surface area contributed by atoms with E-state index in [1.807, 2.05) is 0 Å². The fraction of sp³-hybridized carbons (Fsp3) is 0.786. The van der Waals surface area contributed by atoms with Crippen LogP contribution in [0.5, 0.6) is 5.75 Å². The van der Waals surface area contributed by atoms with Crippen LogP contribution in [-0.4, -0.2) is 19.3 Å². The highest BCUT2D eigenvalue weighted by Crippen LogP contribution is 2.44. The van der Waals surface area contributed by atoms with Gasteiger partial charge in [0.25, 0.3) is 0 Å². The van der Waals surface area contributed by atoms with E-state index in [1.165, 1.54) is 76.2 Å². The van der Waals surface area contributed by atoms with Crippen molar-refractivity contribution in [1.29, 1.82) is 0 Å². The lowest BCUT2D eigenvalue weighted by Crippen LogP contribution is -2.25. The van der Waals surface area contributed by atoms with E-state index in [2.05, 4.69) is 45.0 Å². The van der Waals surface area contributed by atoms with Crippen LogP contribution in [-0.2, 0) is 4.74 Å². The van der Waals surface area contributed by atoms with Gasteiger partial charge in [0.1, 0.15) is 5.75 Å². The van der Waals surface area contributed by atoms with Crippen LogP contribution in [0.4, 0.5) is 0 Å². The van der Waals surface area contributed by atoms with Crippen molar-refractivity contribution in [2.24, 2.45) is 17.8 Å². The topological polar surface area (TPSA) is 18.5 Å². The zero-order chi connectivity index (χ0) is 21.3. The summed E-state index contributed by atoms with van der Waals surface area (Å²) in [6.45, 7) is 6.55. The average molecular weight is 415 g/mol. The molecule has 0 bridgehead atoms. The number of methoxy groups -OCH3 is 1. The van der Waals surface area contributed by atoms with Crippen LogP contribution in [0.25, 0.3) is 0 Å². The number of benzene rings is 1. The van der Waals surface area contributed by atoms with Gasteiger partial charge in [0.2, 0.25) is 0 Å². The van der Waals surface area contributed by atoms with Crippen molar-refractivity contribution in [2.45, 2.75) is 116 Å². The van der Waals surface area contributed by atoms with Gasteiger partial charge in [0, 0.05) is 13.5 Å². The third-order valence-corrected chi connectivity index (χ3v) is 8.05. The van der Waals surface area contributed by atoms with Gasteiger partial charge in [-0.1, -0.05) is 51.2 Å². The molecule has 0 amide bonds. The molecule has 2 heteroatoms. The van der Waals surface area contributed by atoms with E-state index in [0.29, 0.717) is 0 Å². The van der Waals surface area contributed by atoms with Crippen LogP contribution < -0.4 is 4.74 Å². The summed E-state index contributed by atoms with van der Waals surface area (Å²) in [5, 5.41) is 0. The highest BCUT2D eigenvalue weighted by molar-refractivity contribution is 5.30. The van der Waals surface area contributed by atoms with Crippen LogP contribution in [0.3, 0.4) is 0 Å². The molecule has 2 aliphatic carbocycles. The predicted molar refractivity (Wildman–Crippen MR) is 127 cm³/mol. The second kappa shape index (κ2) is 12.1. The Bertz CT molecular complexity index is 579. The van der Waals surface area contributed by atoms with Gasteiger partial charge in [-0.25, -0.2) is 0 Å². The quantitative estimate of drug-likeness (QED) is 0.384. The minimum atomic E-state index is 0.179. The number of hydrogen-bond acceptors (Lipinski definition) is 2. The predicted octanol–water partition coefficient (Wildman–Crippen LogP) is 8.15. The van der Waals surface area contributed by atoms with Crippen LogP contribution in [0, 0.1) is 17.8 Å². The first kappa shape index (κ1) is 23.6. The third kappa shape index (κ3) is 7.01. The molecule has 2 unspecified atom stereocenters. The molecule has 0 heterocycles. The molecule has 0 spiro atoms. The minimum Gasteiger partial charge on any atom is -0.491 e. The summed E-state index contributed by atoms with van der Waals surface area (Å²) in [7, 11) is 1.76. The van der Waals surface area contributed by atoms with Crippen molar-refractivity contribution in [3.63, 3.8) is 0 Å². The molecule has 30 heavy (non-hydrogen) atoms. The monoisotopic (exact) mass is 414 g/mol. The van der Waals surface area contributed by atoms with E-state index >= 15 is 0 Å². The lowest BCUT2D eigenvalue weighted by atomic mass is 9.68. The van der Waals surface area contributed by atoms with Gasteiger partial charge in [-0.2, -0.15) is 0 Å². The van der Waals surface area contributed by atoms with Gasteiger partial charge in [0.05, 0.1) is 12.2 Å². The highest BCUT2D eigenvalue weighted by atomic mass is 16.5. The van der Waals surface area contributed by atoms with Gasteiger partial charge < -0.3 is 9.47 Å². The van der Waals surface area contributed by atoms with Crippen molar-refractivity contribution < 1.29 is 9.47 Å². The standard InChI is InChI=1S/C28H46O2/c1-5-6-7-23-8-10-24(11-9-23)25-12-14-26(15-13-25)27-16-18-28(19-17-27)30-22(3)20-21(2)29-4/h16-19,21-26H,5-15,20H2,1-4H3. The molecular formula is C28H46O2. The Balaban J connectivity index is 1.41. The molecule has 2 fully saturated rings. The normalized spacial score (nSPS) is 29.3. The van der Waals surface area contributed by atoms with Gasteiger partial charge in [0.15, 0.2) is 0 Å². The Morgan fingerprint density at radius 1 is 0.833 bits per heavy atom. The van der Waals surface area contributed by atoms with Crippen molar-refractivity contribution in [1.82, 2.24) is 0 Å². The molecule has 0 radical (unpaired) electrons. The first-order valence-electron chi connectivity index (χ1n) is 12.9. The maximum atomic E-state index is 6.08. The molecule has 3 rings (SSSR count). The van der Waals surface area contributed by atoms with Gasteiger partial charge in [-0.15, -0.1) is 0 Å². The summed E-state index contributed by atoms with van der Waals surface area (Å²) in [5.74, 6) is 4.80. The summed E-state index contributed by atoms with van der Waals surface area (Å²) in [5.41, 5.74) is 1.52. The Kier molecular flexibility index (Phi) is 9.56. The number of rotatable bonds is 10. The zero-order valence-corrected chi connectivity index (χ0v) is 20.1. The largest absolute Gasteiger partial charge is 0.491 e. The molecular weight excluding hydrogens is 368 g/mol. The Morgan fingerprint density at radius 3 is 2.00 bits per heavy atom. The molecule has 1 aromatic rings. The maximum Gasteiger partial charge on any atom is 0.119 e. The lowest BCUT2D eigenvalue weighted by Gasteiger charge is -2.38. The van der Waals surface area contributed by atoms with Crippen LogP contribution in [0.1, 0.15) is 109 Å². The summed E-state index contributed by atoms with van der Waals surface area (Å²) in [4.78, 5) is 0. The molecule has 2 atom stereocenters. The summed E-state index contributed by atoms with van der Waals surface area (Å²) < 4.78 is 11.4. The van der Waals surface area contributed by atoms with Crippen molar-refractivity contribution >= 4 is 0 Å².